The summed E-state index contributed by atoms with van der Waals surface area (Å²) in [6.45, 7) is 0. The van der Waals surface area contributed by atoms with Crippen molar-refractivity contribution < 1.29 is 15.0 Å². The van der Waals surface area contributed by atoms with E-state index in [2.05, 4.69) is 0 Å². The quantitative estimate of drug-likeness (QED) is 0.906. The lowest BCUT2D eigenvalue weighted by atomic mass is 9.85. The standard InChI is InChI=1S/C18H19NO3/c1-19-15(16(20)13-10-6-3-7-11-13)14(17(21)18(19)22)12-8-4-2-5-9-12/h2-11,14-17,20-21H,1H3/t14-,15+,16-,17+/m0/s1. The Kier molecular flexibility index (Phi) is 3.96. The molecule has 0 bridgehead atoms. The van der Waals surface area contributed by atoms with E-state index < -0.39 is 24.2 Å². The molecule has 4 nitrogen and oxygen atoms in total. The maximum atomic E-state index is 12.2. The summed E-state index contributed by atoms with van der Waals surface area (Å²) in [5.74, 6) is -0.803. The van der Waals surface area contributed by atoms with Crippen LogP contribution in [0.4, 0.5) is 0 Å². The van der Waals surface area contributed by atoms with E-state index in [1.165, 1.54) is 4.90 Å². The van der Waals surface area contributed by atoms with E-state index in [0.29, 0.717) is 0 Å². The van der Waals surface area contributed by atoms with Crippen LogP contribution in [0.15, 0.2) is 60.7 Å². The predicted molar refractivity (Wildman–Crippen MR) is 83.1 cm³/mol. The van der Waals surface area contributed by atoms with Crippen LogP contribution in [0.25, 0.3) is 0 Å². The minimum absolute atomic E-state index is 0.353. The molecule has 0 aliphatic carbocycles. The Bertz CT molecular complexity index is 644. The van der Waals surface area contributed by atoms with Crippen molar-refractivity contribution in [2.24, 2.45) is 0 Å². The lowest BCUT2D eigenvalue weighted by molar-refractivity contribution is -0.135. The van der Waals surface area contributed by atoms with E-state index in [-0.39, 0.29) is 5.91 Å². The van der Waals surface area contributed by atoms with Crippen LogP contribution in [-0.4, -0.2) is 40.2 Å². The van der Waals surface area contributed by atoms with Crippen LogP contribution < -0.4 is 0 Å². The molecule has 1 fully saturated rings. The molecule has 0 unspecified atom stereocenters. The predicted octanol–water partition coefficient (Wildman–Crippen LogP) is 1.71. The van der Waals surface area contributed by atoms with Crippen LogP contribution in [0.1, 0.15) is 23.1 Å². The van der Waals surface area contributed by atoms with Gasteiger partial charge in [-0.2, -0.15) is 0 Å². The number of rotatable bonds is 3. The molecule has 1 aliphatic heterocycles. The van der Waals surface area contributed by atoms with Gasteiger partial charge in [0.1, 0.15) is 12.2 Å². The largest absolute Gasteiger partial charge is 0.386 e. The van der Waals surface area contributed by atoms with Gasteiger partial charge in [-0.3, -0.25) is 4.79 Å². The second-order valence-corrected chi connectivity index (χ2v) is 5.68. The average Bonchev–Trinajstić information content (AvgIpc) is 2.80. The van der Waals surface area contributed by atoms with Crippen LogP contribution in [0.2, 0.25) is 0 Å². The summed E-state index contributed by atoms with van der Waals surface area (Å²) in [4.78, 5) is 13.7. The van der Waals surface area contributed by atoms with Crippen molar-refractivity contribution in [3.63, 3.8) is 0 Å². The Morgan fingerprint density at radius 3 is 2.14 bits per heavy atom. The lowest BCUT2D eigenvalue weighted by Gasteiger charge is -2.30. The molecular weight excluding hydrogens is 278 g/mol. The van der Waals surface area contributed by atoms with Crippen molar-refractivity contribution >= 4 is 5.91 Å². The molecule has 3 rings (SSSR count). The molecule has 4 atom stereocenters. The number of amides is 1. The van der Waals surface area contributed by atoms with Gasteiger partial charge in [0.15, 0.2) is 0 Å². The molecule has 2 aromatic carbocycles. The molecule has 0 aromatic heterocycles. The maximum Gasteiger partial charge on any atom is 0.252 e. The molecule has 1 aliphatic rings. The fourth-order valence-corrected chi connectivity index (χ4v) is 3.25. The molecule has 2 N–H and O–H groups in total. The smallest absolute Gasteiger partial charge is 0.252 e. The third kappa shape index (κ3) is 2.40. The highest BCUT2D eigenvalue weighted by Gasteiger charge is 2.49. The minimum atomic E-state index is -1.13. The fourth-order valence-electron chi connectivity index (χ4n) is 3.25. The van der Waals surface area contributed by atoms with Gasteiger partial charge in [0, 0.05) is 13.0 Å². The summed E-state index contributed by atoms with van der Waals surface area (Å²) in [5.41, 5.74) is 1.59. The first-order valence-electron chi connectivity index (χ1n) is 7.34. The number of carbonyl (C=O) groups is 1. The van der Waals surface area contributed by atoms with Gasteiger partial charge in [-0.25, -0.2) is 0 Å². The van der Waals surface area contributed by atoms with Gasteiger partial charge in [0.05, 0.1) is 6.04 Å². The van der Waals surface area contributed by atoms with E-state index in [0.717, 1.165) is 11.1 Å². The normalized spacial score (nSPS) is 26.2. The first-order valence-corrected chi connectivity index (χ1v) is 7.34. The second kappa shape index (κ2) is 5.91. The van der Waals surface area contributed by atoms with Crippen LogP contribution >= 0.6 is 0 Å². The fraction of sp³-hybridized carbons (Fsp3) is 0.278. The first kappa shape index (κ1) is 14.8. The SMILES string of the molecule is CN1C(=O)[C@H](O)[C@@H](c2ccccc2)[C@@H]1[C@@H](O)c1ccccc1. The van der Waals surface area contributed by atoms with Gasteiger partial charge in [-0.1, -0.05) is 60.7 Å². The summed E-state index contributed by atoms with van der Waals surface area (Å²) in [5, 5.41) is 21.1. The highest BCUT2D eigenvalue weighted by atomic mass is 16.3. The molecule has 114 valence electrons. The number of likely N-dealkylation sites (N-methyl/N-ethyl adjacent to an activating group) is 1. The Labute approximate surface area is 129 Å². The molecule has 1 heterocycles. The van der Waals surface area contributed by atoms with Crippen molar-refractivity contribution in [1.82, 2.24) is 4.90 Å². The number of likely N-dealkylation sites (tertiary alicyclic amines) is 1. The number of hydrogen-bond donors (Lipinski definition) is 2. The van der Waals surface area contributed by atoms with E-state index in [9.17, 15) is 15.0 Å². The van der Waals surface area contributed by atoms with Crippen LogP contribution in [-0.2, 0) is 4.79 Å². The van der Waals surface area contributed by atoms with Gasteiger partial charge in [0.25, 0.3) is 5.91 Å². The summed E-state index contributed by atoms with van der Waals surface area (Å²) >= 11 is 0. The Hall–Kier alpha value is -2.17. The van der Waals surface area contributed by atoms with Gasteiger partial charge in [0.2, 0.25) is 0 Å². The van der Waals surface area contributed by atoms with Gasteiger partial charge < -0.3 is 15.1 Å². The molecule has 0 spiro atoms. The molecule has 2 aromatic rings. The van der Waals surface area contributed by atoms with Gasteiger partial charge in [-0.05, 0) is 11.1 Å². The Morgan fingerprint density at radius 2 is 1.55 bits per heavy atom. The van der Waals surface area contributed by atoms with Crippen molar-refractivity contribution in [2.75, 3.05) is 7.05 Å². The van der Waals surface area contributed by atoms with Crippen LogP contribution in [0, 0.1) is 0 Å². The maximum absolute atomic E-state index is 12.2. The molecule has 1 saturated heterocycles. The first-order chi connectivity index (χ1) is 10.6. The number of aliphatic hydroxyl groups is 2. The number of hydrogen-bond acceptors (Lipinski definition) is 3. The zero-order valence-electron chi connectivity index (χ0n) is 12.3. The monoisotopic (exact) mass is 297 g/mol. The van der Waals surface area contributed by atoms with E-state index in [1.54, 1.807) is 7.05 Å². The molecule has 4 heteroatoms. The zero-order valence-corrected chi connectivity index (χ0v) is 12.3. The number of benzene rings is 2. The van der Waals surface area contributed by atoms with E-state index in [4.69, 9.17) is 0 Å². The van der Waals surface area contributed by atoms with E-state index >= 15 is 0 Å². The Balaban J connectivity index is 2.01. The topological polar surface area (TPSA) is 60.8 Å². The number of carbonyl (C=O) groups excluding carboxylic acids is 1. The van der Waals surface area contributed by atoms with Gasteiger partial charge >= 0.3 is 0 Å². The highest BCUT2D eigenvalue weighted by molar-refractivity contribution is 5.85. The molecule has 0 saturated carbocycles. The molecule has 1 amide bonds. The summed E-state index contributed by atoms with van der Waals surface area (Å²) in [6, 6.07) is 18.1. The molecule has 22 heavy (non-hydrogen) atoms. The summed E-state index contributed by atoms with van der Waals surface area (Å²) < 4.78 is 0. The van der Waals surface area contributed by atoms with Crippen molar-refractivity contribution in [3.05, 3.63) is 71.8 Å². The number of nitrogens with zero attached hydrogens (tertiary/aromatic N) is 1. The lowest BCUT2D eigenvalue weighted by Crippen LogP contribution is -2.36. The van der Waals surface area contributed by atoms with E-state index in [1.807, 2.05) is 60.7 Å². The highest BCUT2D eigenvalue weighted by Crippen LogP contribution is 2.40. The second-order valence-electron chi connectivity index (χ2n) is 5.68. The molecule has 0 radical (unpaired) electrons. The summed E-state index contributed by atoms with van der Waals surface area (Å²) in [7, 11) is 1.63. The number of aliphatic hydroxyl groups excluding tert-OH is 2. The van der Waals surface area contributed by atoms with Crippen molar-refractivity contribution in [1.29, 1.82) is 0 Å². The summed E-state index contributed by atoms with van der Waals surface area (Å²) in [6.07, 6.45) is -1.98. The third-order valence-electron chi connectivity index (χ3n) is 4.41. The van der Waals surface area contributed by atoms with Crippen molar-refractivity contribution in [3.8, 4) is 0 Å². The Morgan fingerprint density at radius 1 is 1.00 bits per heavy atom. The average molecular weight is 297 g/mol. The van der Waals surface area contributed by atoms with Gasteiger partial charge in [-0.15, -0.1) is 0 Å². The third-order valence-corrected chi connectivity index (χ3v) is 4.41. The molecular formula is C18H19NO3. The van der Waals surface area contributed by atoms with Crippen molar-refractivity contribution in [2.45, 2.75) is 24.2 Å². The van der Waals surface area contributed by atoms with Crippen LogP contribution in [0.3, 0.4) is 0 Å². The minimum Gasteiger partial charge on any atom is -0.386 e. The van der Waals surface area contributed by atoms with Crippen LogP contribution in [0.5, 0.6) is 0 Å². The zero-order chi connectivity index (χ0) is 15.7.